The SMILES string of the molecule is COc1c(C(O)c2sccc2C(=O)O)c(C)nn1C. The molecular formula is C12H14N2O4S. The molecule has 2 aromatic heterocycles. The van der Waals surface area contributed by atoms with E-state index in [0.29, 0.717) is 22.0 Å². The van der Waals surface area contributed by atoms with Crippen molar-refractivity contribution in [2.75, 3.05) is 7.11 Å². The lowest BCUT2D eigenvalue weighted by Crippen LogP contribution is -2.07. The van der Waals surface area contributed by atoms with Crippen molar-refractivity contribution in [3.05, 3.63) is 33.1 Å². The molecule has 0 aliphatic heterocycles. The third-order valence-electron chi connectivity index (χ3n) is 2.85. The van der Waals surface area contributed by atoms with Gasteiger partial charge in [0.05, 0.1) is 28.8 Å². The monoisotopic (exact) mass is 282 g/mol. The zero-order chi connectivity index (χ0) is 14.2. The Balaban J connectivity index is 2.53. The summed E-state index contributed by atoms with van der Waals surface area (Å²) >= 11 is 1.19. The number of ether oxygens (including phenoxy) is 1. The van der Waals surface area contributed by atoms with Crippen LogP contribution in [0.25, 0.3) is 0 Å². The number of carboxylic acid groups (broad SMARTS) is 1. The highest BCUT2D eigenvalue weighted by atomic mass is 32.1. The standard InChI is InChI=1S/C12H14N2O4S/c1-6-8(11(18-3)14(2)13-6)9(15)10-7(12(16)17)4-5-19-10/h4-5,9,15H,1-3H3,(H,16,17). The predicted octanol–water partition coefficient (Wildman–Crippen LogP) is 1.58. The Morgan fingerprint density at radius 3 is 2.84 bits per heavy atom. The Kier molecular flexibility index (Phi) is 3.59. The third-order valence-corrected chi connectivity index (χ3v) is 3.82. The number of thiophene rings is 1. The normalized spacial score (nSPS) is 12.4. The molecule has 1 unspecified atom stereocenters. The van der Waals surface area contributed by atoms with Gasteiger partial charge >= 0.3 is 5.97 Å². The lowest BCUT2D eigenvalue weighted by Gasteiger charge is -2.11. The first kappa shape index (κ1) is 13.6. The maximum Gasteiger partial charge on any atom is 0.336 e. The van der Waals surface area contributed by atoms with E-state index in [0.717, 1.165) is 0 Å². The van der Waals surface area contributed by atoms with Crippen LogP contribution in [0.5, 0.6) is 5.88 Å². The molecule has 2 rings (SSSR count). The van der Waals surface area contributed by atoms with Crippen molar-refractivity contribution < 1.29 is 19.7 Å². The van der Waals surface area contributed by atoms with E-state index in [2.05, 4.69) is 5.10 Å². The van der Waals surface area contributed by atoms with E-state index in [1.54, 1.807) is 19.4 Å². The second kappa shape index (κ2) is 5.02. The van der Waals surface area contributed by atoms with Gasteiger partial charge in [0, 0.05) is 7.05 Å². The average molecular weight is 282 g/mol. The summed E-state index contributed by atoms with van der Waals surface area (Å²) in [6.07, 6.45) is -1.06. The molecular weight excluding hydrogens is 268 g/mol. The Labute approximate surface area is 113 Å². The van der Waals surface area contributed by atoms with Crippen LogP contribution in [0.15, 0.2) is 11.4 Å². The summed E-state index contributed by atoms with van der Waals surface area (Å²) in [5.74, 6) is -0.634. The zero-order valence-electron chi connectivity index (χ0n) is 10.7. The van der Waals surface area contributed by atoms with Crippen LogP contribution in [0.1, 0.15) is 32.6 Å². The van der Waals surface area contributed by atoms with Crippen LogP contribution in [-0.2, 0) is 7.05 Å². The Bertz CT molecular complexity index is 617. The predicted molar refractivity (Wildman–Crippen MR) is 69.8 cm³/mol. The van der Waals surface area contributed by atoms with E-state index in [1.165, 1.54) is 29.2 Å². The average Bonchev–Trinajstić information content (AvgIpc) is 2.92. The van der Waals surface area contributed by atoms with Gasteiger partial charge in [-0.25, -0.2) is 9.48 Å². The topological polar surface area (TPSA) is 84.6 Å². The quantitative estimate of drug-likeness (QED) is 0.889. The van der Waals surface area contributed by atoms with Gasteiger partial charge in [-0.1, -0.05) is 0 Å². The van der Waals surface area contributed by atoms with E-state index in [1.807, 2.05) is 0 Å². The molecule has 0 saturated heterocycles. The molecule has 0 aliphatic rings. The summed E-state index contributed by atoms with van der Waals surface area (Å²) in [5.41, 5.74) is 1.20. The van der Waals surface area contributed by atoms with Crippen LogP contribution in [0.2, 0.25) is 0 Å². The van der Waals surface area contributed by atoms with Gasteiger partial charge in [-0.2, -0.15) is 5.10 Å². The van der Waals surface area contributed by atoms with Gasteiger partial charge in [-0.05, 0) is 18.4 Å². The molecule has 0 bridgehead atoms. The van der Waals surface area contributed by atoms with Crippen LogP contribution in [0.4, 0.5) is 0 Å². The zero-order valence-corrected chi connectivity index (χ0v) is 11.6. The fourth-order valence-electron chi connectivity index (χ4n) is 2.05. The third kappa shape index (κ3) is 2.22. The minimum atomic E-state index is -1.06. The van der Waals surface area contributed by atoms with Gasteiger partial charge in [0.15, 0.2) is 0 Å². The Morgan fingerprint density at radius 1 is 1.58 bits per heavy atom. The number of nitrogens with zero attached hydrogens (tertiary/aromatic N) is 2. The highest BCUT2D eigenvalue weighted by Crippen LogP contribution is 2.36. The Hall–Kier alpha value is -1.86. The number of hydrogen-bond donors (Lipinski definition) is 2. The van der Waals surface area contributed by atoms with Gasteiger partial charge in [0.1, 0.15) is 6.10 Å². The molecule has 0 fully saturated rings. The summed E-state index contributed by atoms with van der Waals surface area (Å²) in [6.45, 7) is 1.75. The summed E-state index contributed by atoms with van der Waals surface area (Å²) in [5, 5.41) is 25.3. The molecule has 0 aliphatic carbocycles. The summed E-state index contributed by atoms with van der Waals surface area (Å²) < 4.78 is 6.73. The number of aromatic nitrogens is 2. The summed E-state index contributed by atoms with van der Waals surface area (Å²) in [6, 6.07) is 1.48. The fraction of sp³-hybridized carbons (Fsp3) is 0.333. The molecule has 0 aromatic carbocycles. The minimum absolute atomic E-state index is 0.0998. The second-order valence-electron chi connectivity index (χ2n) is 4.04. The van der Waals surface area contributed by atoms with Crippen LogP contribution >= 0.6 is 11.3 Å². The fourth-order valence-corrected chi connectivity index (χ4v) is 2.93. The lowest BCUT2D eigenvalue weighted by molar-refractivity contribution is 0.0692. The van der Waals surface area contributed by atoms with Crippen molar-refractivity contribution in [1.29, 1.82) is 0 Å². The molecule has 0 amide bonds. The number of carboxylic acids is 1. The molecule has 2 aromatic rings. The van der Waals surface area contributed by atoms with Gasteiger partial charge < -0.3 is 14.9 Å². The molecule has 2 heterocycles. The number of hydrogen-bond acceptors (Lipinski definition) is 5. The molecule has 0 saturated carbocycles. The highest BCUT2D eigenvalue weighted by Gasteiger charge is 2.27. The maximum absolute atomic E-state index is 11.1. The molecule has 102 valence electrons. The van der Waals surface area contributed by atoms with Crippen molar-refractivity contribution in [2.45, 2.75) is 13.0 Å². The van der Waals surface area contributed by atoms with Gasteiger partial charge in [0.25, 0.3) is 0 Å². The summed E-state index contributed by atoms with van der Waals surface area (Å²) in [4.78, 5) is 11.5. The number of aryl methyl sites for hydroxylation is 2. The second-order valence-corrected chi connectivity index (χ2v) is 4.99. The van der Waals surface area contributed by atoms with Crippen LogP contribution in [0.3, 0.4) is 0 Å². The molecule has 2 N–H and O–H groups in total. The molecule has 6 nitrogen and oxygen atoms in total. The van der Waals surface area contributed by atoms with E-state index in [4.69, 9.17) is 9.84 Å². The van der Waals surface area contributed by atoms with Crippen molar-refractivity contribution in [2.24, 2.45) is 7.05 Å². The number of carbonyl (C=O) groups is 1. The number of aromatic carboxylic acids is 1. The van der Waals surface area contributed by atoms with Crippen LogP contribution < -0.4 is 4.74 Å². The van der Waals surface area contributed by atoms with E-state index in [9.17, 15) is 9.90 Å². The smallest absolute Gasteiger partial charge is 0.336 e. The Morgan fingerprint density at radius 2 is 2.26 bits per heavy atom. The van der Waals surface area contributed by atoms with Gasteiger partial charge in [-0.3, -0.25) is 0 Å². The number of methoxy groups -OCH3 is 1. The number of aliphatic hydroxyl groups excluding tert-OH is 1. The van der Waals surface area contributed by atoms with E-state index < -0.39 is 12.1 Å². The number of rotatable bonds is 4. The molecule has 19 heavy (non-hydrogen) atoms. The van der Waals surface area contributed by atoms with Gasteiger partial charge in [-0.15, -0.1) is 11.3 Å². The van der Waals surface area contributed by atoms with Crippen molar-refractivity contribution in [3.8, 4) is 5.88 Å². The van der Waals surface area contributed by atoms with Crippen LogP contribution in [0, 0.1) is 6.92 Å². The molecule has 7 heteroatoms. The first-order valence-corrected chi connectivity index (χ1v) is 6.41. The van der Waals surface area contributed by atoms with Crippen molar-refractivity contribution in [3.63, 3.8) is 0 Å². The largest absolute Gasteiger partial charge is 0.481 e. The molecule has 0 spiro atoms. The van der Waals surface area contributed by atoms with E-state index >= 15 is 0 Å². The van der Waals surface area contributed by atoms with Gasteiger partial charge in [0.2, 0.25) is 5.88 Å². The number of aliphatic hydroxyl groups is 1. The van der Waals surface area contributed by atoms with Crippen molar-refractivity contribution in [1.82, 2.24) is 9.78 Å². The lowest BCUT2D eigenvalue weighted by atomic mass is 10.1. The minimum Gasteiger partial charge on any atom is -0.481 e. The first-order valence-electron chi connectivity index (χ1n) is 5.53. The molecule has 0 radical (unpaired) electrons. The highest BCUT2D eigenvalue weighted by molar-refractivity contribution is 7.10. The van der Waals surface area contributed by atoms with Crippen molar-refractivity contribution >= 4 is 17.3 Å². The van der Waals surface area contributed by atoms with E-state index in [-0.39, 0.29) is 5.56 Å². The first-order chi connectivity index (χ1) is 8.97. The molecule has 1 atom stereocenters. The van der Waals surface area contributed by atoms with Crippen LogP contribution in [-0.4, -0.2) is 33.1 Å². The maximum atomic E-state index is 11.1. The summed E-state index contributed by atoms with van der Waals surface area (Å²) in [7, 11) is 3.19.